The number of fused-ring (bicyclic) bond motifs is 13. The van der Waals surface area contributed by atoms with Crippen LogP contribution in [0.25, 0.3) is 93.9 Å². The molecule has 2 heteroatoms. The number of benzene rings is 12. The standard InChI is InChI=1S/C71H46N2/c1-3-20-47(21-4-1)48-38-41-51(42-39-48)72(66-35-16-12-29-58(66)54-25-8-7-24-52(54)49-22-5-2-6-23-49)68-45-44-53(55-26-9-10-28-59(55)68)50-40-43-57-56-27-11-14-32-62(56)71(65(57)46-50)63-33-15-18-37-69(63)73-67-36-17-13-30-60(67)61-31-19-34-64(71)70(61)73/h1-46H. The summed E-state index contributed by atoms with van der Waals surface area (Å²) in [4.78, 5) is 2.48. The molecule has 12 aromatic carbocycles. The number of anilines is 3. The molecule has 0 amide bonds. The van der Waals surface area contributed by atoms with Gasteiger partial charge in [-0.1, -0.05) is 237 Å². The molecule has 1 aromatic heterocycles. The first-order valence-corrected chi connectivity index (χ1v) is 25.3. The molecule has 2 nitrogen and oxygen atoms in total. The summed E-state index contributed by atoms with van der Waals surface area (Å²) < 4.78 is 2.52. The van der Waals surface area contributed by atoms with Crippen LogP contribution in [-0.4, -0.2) is 4.57 Å². The fraction of sp³-hybridized carbons (Fsp3) is 0.0141. The maximum atomic E-state index is 2.53. The van der Waals surface area contributed by atoms with Crippen LogP contribution < -0.4 is 4.90 Å². The van der Waals surface area contributed by atoms with Crippen LogP contribution >= 0.6 is 0 Å². The summed E-state index contributed by atoms with van der Waals surface area (Å²) >= 11 is 0. The van der Waals surface area contributed by atoms with E-state index >= 15 is 0 Å². The average Bonchev–Trinajstić information content (AvgIpc) is 3.96. The van der Waals surface area contributed by atoms with Crippen molar-refractivity contribution in [2.45, 2.75) is 5.41 Å². The van der Waals surface area contributed by atoms with Gasteiger partial charge in [0.1, 0.15) is 0 Å². The molecule has 0 saturated heterocycles. The normalized spacial score (nSPS) is 14.1. The Morgan fingerprint density at radius 2 is 0.822 bits per heavy atom. The van der Waals surface area contributed by atoms with Crippen molar-refractivity contribution in [3.63, 3.8) is 0 Å². The number of aromatic nitrogens is 1. The summed E-state index contributed by atoms with van der Waals surface area (Å²) in [7, 11) is 0. The van der Waals surface area contributed by atoms with E-state index in [2.05, 4.69) is 289 Å². The molecule has 0 fully saturated rings. The predicted octanol–water partition coefficient (Wildman–Crippen LogP) is 18.8. The maximum Gasteiger partial charge on any atom is 0.0754 e. The zero-order valence-corrected chi connectivity index (χ0v) is 40.0. The number of nitrogens with zero attached hydrogens (tertiary/aromatic N) is 2. The van der Waals surface area contributed by atoms with E-state index in [1.165, 1.54) is 111 Å². The third-order valence-electron chi connectivity index (χ3n) is 15.8. The highest BCUT2D eigenvalue weighted by atomic mass is 15.1. The minimum absolute atomic E-state index is 0.541. The van der Waals surface area contributed by atoms with Gasteiger partial charge in [-0.3, -0.25) is 0 Å². The molecule has 0 N–H and O–H groups in total. The van der Waals surface area contributed by atoms with Crippen LogP contribution in [0.1, 0.15) is 22.3 Å². The van der Waals surface area contributed by atoms with E-state index in [4.69, 9.17) is 0 Å². The Hall–Kier alpha value is -9.50. The fourth-order valence-corrected chi connectivity index (χ4v) is 12.8. The quantitative estimate of drug-likeness (QED) is 0.155. The predicted molar refractivity (Wildman–Crippen MR) is 306 cm³/mol. The Labute approximate surface area is 425 Å². The van der Waals surface area contributed by atoms with E-state index in [-0.39, 0.29) is 0 Å². The first-order valence-electron chi connectivity index (χ1n) is 25.3. The van der Waals surface area contributed by atoms with Crippen molar-refractivity contribution in [1.29, 1.82) is 0 Å². The maximum absolute atomic E-state index is 2.53. The van der Waals surface area contributed by atoms with Gasteiger partial charge in [0.15, 0.2) is 0 Å². The lowest BCUT2D eigenvalue weighted by atomic mass is 9.65. The molecule has 1 aliphatic heterocycles. The van der Waals surface area contributed by atoms with E-state index < -0.39 is 5.41 Å². The molecule has 340 valence electrons. The lowest BCUT2D eigenvalue weighted by molar-refractivity contribution is 0.749. The Balaban J connectivity index is 0.952. The van der Waals surface area contributed by atoms with Crippen molar-refractivity contribution in [2.24, 2.45) is 0 Å². The molecule has 15 rings (SSSR count). The lowest BCUT2D eigenvalue weighted by Gasteiger charge is -2.39. The van der Waals surface area contributed by atoms with Gasteiger partial charge in [0.2, 0.25) is 0 Å². The van der Waals surface area contributed by atoms with Crippen LogP contribution in [0.5, 0.6) is 0 Å². The van der Waals surface area contributed by atoms with Crippen molar-refractivity contribution < 1.29 is 0 Å². The van der Waals surface area contributed by atoms with Gasteiger partial charge >= 0.3 is 0 Å². The van der Waals surface area contributed by atoms with Crippen molar-refractivity contribution in [3.05, 3.63) is 301 Å². The van der Waals surface area contributed by atoms with E-state index in [0.717, 1.165) is 22.6 Å². The van der Waals surface area contributed by atoms with Crippen LogP contribution in [0.15, 0.2) is 279 Å². The fourth-order valence-electron chi connectivity index (χ4n) is 12.8. The zero-order valence-electron chi connectivity index (χ0n) is 40.0. The number of hydrogen-bond donors (Lipinski definition) is 0. The highest BCUT2D eigenvalue weighted by Crippen LogP contribution is 2.61. The highest BCUT2D eigenvalue weighted by Gasteiger charge is 2.51. The largest absolute Gasteiger partial charge is 0.309 e. The van der Waals surface area contributed by atoms with Gasteiger partial charge in [0.05, 0.1) is 33.5 Å². The van der Waals surface area contributed by atoms with Gasteiger partial charge in [-0.15, -0.1) is 0 Å². The second-order valence-corrected chi connectivity index (χ2v) is 19.5. The summed E-state index contributed by atoms with van der Waals surface area (Å²) in [6.45, 7) is 0. The van der Waals surface area contributed by atoms with Gasteiger partial charge in [-0.05, 0) is 120 Å². The van der Waals surface area contributed by atoms with Gasteiger partial charge in [0, 0.05) is 27.4 Å². The number of rotatable bonds is 7. The Morgan fingerprint density at radius 1 is 0.274 bits per heavy atom. The van der Waals surface area contributed by atoms with E-state index in [0.29, 0.717) is 0 Å². The van der Waals surface area contributed by atoms with E-state index in [1.807, 2.05) is 0 Å². The SMILES string of the molecule is c1ccc(-c2ccc(N(c3ccccc3-c3ccccc3-c3ccccc3)c3ccc(-c4ccc5c(c4)C4(c6ccccc6-5)c5ccccc5-n5c6ccccc6c6cccc4c65)c4ccccc34)cc2)cc1. The molecular weight excluding hydrogens is 881 g/mol. The summed E-state index contributed by atoms with van der Waals surface area (Å²) in [5.41, 5.74) is 23.9. The minimum atomic E-state index is -0.541. The molecule has 1 unspecified atom stereocenters. The van der Waals surface area contributed by atoms with Crippen LogP contribution in [0.4, 0.5) is 17.1 Å². The van der Waals surface area contributed by atoms with Crippen LogP contribution in [0.3, 0.4) is 0 Å². The summed E-state index contributed by atoms with van der Waals surface area (Å²) in [6, 6.07) is 103. The summed E-state index contributed by atoms with van der Waals surface area (Å²) in [5.74, 6) is 0. The smallest absolute Gasteiger partial charge is 0.0754 e. The van der Waals surface area contributed by atoms with E-state index in [1.54, 1.807) is 0 Å². The number of para-hydroxylation sites is 4. The van der Waals surface area contributed by atoms with Crippen molar-refractivity contribution in [1.82, 2.24) is 4.57 Å². The van der Waals surface area contributed by atoms with Gasteiger partial charge in [0.25, 0.3) is 0 Å². The van der Waals surface area contributed by atoms with Crippen LogP contribution in [0, 0.1) is 0 Å². The Kier molecular flexibility index (Phi) is 9.21. The Morgan fingerprint density at radius 3 is 1.63 bits per heavy atom. The second-order valence-electron chi connectivity index (χ2n) is 19.5. The van der Waals surface area contributed by atoms with Gasteiger partial charge < -0.3 is 9.47 Å². The molecular formula is C71H46N2. The summed E-state index contributed by atoms with van der Waals surface area (Å²) in [5, 5.41) is 4.94. The monoisotopic (exact) mass is 926 g/mol. The lowest BCUT2D eigenvalue weighted by Crippen LogP contribution is -2.33. The molecule has 2 aliphatic rings. The topological polar surface area (TPSA) is 8.17 Å². The molecule has 1 spiro atoms. The van der Waals surface area contributed by atoms with Crippen molar-refractivity contribution >= 4 is 49.6 Å². The minimum Gasteiger partial charge on any atom is -0.309 e. The molecule has 0 saturated carbocycles. The van der Waals surface area contributed by atoms with Crippen molar-refractivity contribution in [3.8, 4) is 61.3 Å². The molecule has 73 heavy (non-hydrogen) atoms. The third-order valence-corrected chi connectivity index (χ3v) is 15.8. The molecule has 1 atom stereocenters. The molecule has 13 aromatic rings. The van der Waals surface area contributed by atoms with Gasteiger partial charge in [-0.25, -0.2) is 0 Å². The average molecular weight is 927 g/mol. The second kappa shape index (κ2) is 16.3. The van der Waals surface area contributed by atoms with Crippen LogP contribution in [0.2, 0.25) is 0 Å². The highest BCUT2D eigenvalue weighted by molar-refractivity contribution is 6.13. The Bertz CT molecular complexity index is 4320. The first kappa shape index (κ1) is 41.3. The summed E-state index contributed by atoms with van der Waals surface area (Å²) in [6.07, 6.45) is 0. The van der Waals surface area contributed by atoms with Gasteiger partial charge in [-0.2, -0.15) is 0 Å². The molecule has 1 aliphatic carbocycles. The third kappa shape index (κ3) is 6.05. The molecule has 0 bridgehead atoms. The zero-order chi connectivity index (χ0) is 48.0. The molecule has 2 heterocycles. The van der Waals surface area contributed by atoms with Crippen molar-refractivity contribution in [2.75, 3.05) is 4.90 Å². The van der Waals surface area contributed by atoms with Crippen LogP contribution in [-0.2, 0) is 5.41 Å². The number of hydrogen-bond acceptors (Lipinski definition) is 1. The first-order chi connectivity index (χ1) is 36.3. The van der Waals surface area contributed by atoms with E-state index in [9.17, 15) is 0 Å². The molecule has 0 radical (unpaired) electrons.